The number of anilines is 1. The van der Waals surface area contributed by atoms with E-state index in [-0.39, 0.29) is 5.91 Å². The molecule has 0 N–H and O–H groups in total. The number of carbonyl (C=O) groups is 1. The number of nitrogens with zero attached hydrogens (tertiary/aromatic N) is 7. The Morgan fingerprint density at radius 1 is 1.08 bits per heavy atom. The van der Waals surface area contributed by atoms with Gasteiger partial charge in [-0.05, 0) is 43.5 Å². The van der Waals surface area contributed by atoms with Crippen LogP contribution in [0.15, 0.2) is 23.8 Å². The lowest BCUT2D eigenvalue weighted by Crippen LogP contribution is -2.52. The number of carbonyl (C=O) groups excluding carboxylic acids is 1. The summed E-state index contributed by atoms with van der Waals surface area (Å²) in [5.74, 6) is 1.47. The Kier molecular flexibility index (Phi) is 5.35. The zero-order chi connectivity index (χ0) is 17.8. The quantitative estimate of drug-likeness (QED) is 0.786. The molecule has 2 fully saturated rings. The van der Waals surface area contributed by atoms with Crippen LogP contribution in [-0.4, -0.2) is 81.1 Å². The molecule has 2 aromatic heterocycles. The Balaban J connectivity index is 1.22. The highest BCUT2D eigenvalue weighted by atomic mass is 32.1. The summed E-state index contributed by atoms with van der Waals surface area (Å²) in [6.07, 6.45) is 5.62. The Labute approximate surface area is 157 Å². The molecule has 8 nitrogen and oxygen atoms in total. The minimum Gasteiger partial charge on any atom is -0.338 e. The summed E-state index contributed by atoms with van der Waals surface area (Å²) in [6, 6.07) is 1.82. The van der Waals surface area contributed by atoms with Gasteiger partial charge in [-0.1, -0.05) is 4.49 Å². The van der Waals surface area contributed by atoms with Gasteiger partial charge in [0.05, 0.1) is 12.2 Å². The van der Waals surface area contributed by atoms with Crippen molar-refractivity contribution in [3.05, 3.63) is 29.5 Å². The molecule has 0 bridgehead atoms. The van der Waals surface area contributed by atoms with Gasteiger partial charge in [0.25, 0.3) is 0 Å². The van der Waals surface area contributed by atoms with Crippen LogP contribution in [0.5, 0.6) is 0 Å². The van der Waals surface area contributed by atoms with Gasteiger partial charge in [0.15, 0.2) is 0 Å². The second kappa shape index (κ2) is 8.05. The van der Waals surface area contributed by atoms with E-state index in [1.807, 2.05) is 16.3 Å². The van der Waals surface area contributed by atoms with Gasteiger partial charge in [0.1, 0.15) is 0 Å². The lowest BCUT2D eigenvalue weighted by atomic mass is 9.94. The summed E-state index contributed by atoms with van der Waals surface area (Å²) in [5.41, 5.74) is 1.11. The Hall–Kier alpha value is -2.13. The summed E-state index contributed by atoms with van der Waals surface area (Å²) < 4.78 is 3.96. The fraction of sp³-hybridized carbons (Fsp3) is 0.588. The normalized spacial score (nSPS) is 19.7. The summed E-state index contributed by atoms with van der Waals surface area (Å²) in [4.78, 5) is 27.6. The number of rotatable bonds is 4. The van der Waals surface area contributed by atoms with Crippen LogP contribution >= 0.6 is 11.5 Å². The Bertz CT molecular complexity index is 695. The van der Waals surface area contributed by atoms with Crippen molar-refractivity contribution < 1.29 is 4.79 Å². The standard InChI is InChI=1S/C17H23N7OS/c25-16(12-22-6-2-14(3-7-22)15-13-26-21-20-15)23-8-10-24(11-9-23)17-18-4-1-5-19-17/h1,4-5,13-14H,2-3,6-12H2. The van der Waals surface area contributed by atoms with E-state index < -0.39 is 0 Å². The van der Waals surface area contributed by atoms with Crippen molar-refractivity contribution in [3.63, 3.8) is 0 Å². The van der Waals surface area contributed by atoms with E-state index in [1.54, 1.807) is 12.4 Å². The fourth-order valence-corrected chi connectivity index (χ4v) is 4.17. The lowest BCUT2D eigenvalue weighted by molar-refractivity contribution is -0.133. The monoisotopic (exact) mass is 373 g/mol. The van der Waals surface area contributed by atoms with E-state index in [4.69, 9.17) is 0 Å². The van der Waals surface area contributed by atoms with Crippen LogP contribution in [0.1, 0.15) is 24.5 Å². The van der Waals surface area contributed by atoms with E-state index in [0.29, 0.717) is 12.5 Å². The number of piperidine rings is 1. The number of hydrogen-bond donors (Lipinski definition) is 0. The molecule has 0 unspecified atom stereocenters. The third kappa shape index (κ3) is 3.99. The Morgan fingerprint density at radius 2 is 1.81 bits per heavy atom. The molecule has 0 atom stereocenters. The van der Waals surface area contributed by atoms with Crippen LogP contribution in [0.4, 0.5) is 5.95 Å². The minimum absolute atomic E-state index is 0.229. The first kappa shape index (κ1) is 17.3. The molecular weight excluding hydrogens is 350 g/mol. The minimum atomic E-state index is 0.229. The van der Waals surface area contributed by atoms with Gasteiger partial charge in [-0.2, -0.15) is 0 Å². The first-order chi connectivity index (χ1) is 12.8. The van der Waals surface area contributed by atoms with E-state index in [0.717, 1.165) is 63.8 Å². The van der Waals surface area contributed by atoms with Gasteiger partial charge in [0, 0.05) is 49.9 Å². The second-order valence-corrected chi connectivity index (χ2v) is 7.41. The maximum Gasteiger partial charge on any atom is 0.236 e. The molecule has 4 heterocycles. The molecule has 0 saturated carbocycles. The van der Waals surface area contributed by atoms with Crippen molar-refractivity contribution in [1.29, 1.82) is 0 Å². The first-order valence-electron chi connectivity index (χ1n) is 9.08. The maximum absolute atomic E-state index is 12.6. The fourth-order valence-electron chi connectivity index (χ4n) is 3.64. The zero-order valence-corrected chi connectivity index (χ0v) is 15.5. The largest absolute Gasteiger partial charge is 0.338 e. The van der Waals surface area contributed by atoms with Crippen LogP contribution < -0.4 is 4.90 Å². The van der Waals surface area contributed by atoms with Crippen molar-refractivity contribution in [2.45, 2.75) is 18.8 Å². The Morgan fingerprint density at radius 3 is 2.46 bits per heavy atom. The molecule has 2 aromatic rings. The SMILES string of the molecule is O=C(CN1CCC(c2csnn2)CC1)N1CCN(c2ncccn2)CC1. The topological polar surface area (TPSA) is 78.4 Å². The summed E-state index contributed by atoms with van der Waals surface area (Å²) in [6.45, 7) is 5.46. The summed E-state index contributed by atoms with van der Waals surface area (Å²) in [5, 5.41) is 6.23. The molecule has 0 aliphatic carbocycles. The molecule has 2 saturated heterocycles. The smallest absolute Gasteiger partial charge is 0.236 e. The lowest BCUT2D eigenvalue weighted by Gasteiger charge is -2.37. The highest BCUT2D eigenvalue weighted by Gasteiger charge is 2.27. The van der Waals surface area contributed by atoms with Crippen molar-refractivity contribution in [1.82, 2.24) is 29.4 Å². The molecule has 0 spiro atoms. The van der Waals surface area contributed by atoms with E-state index in [9.17, 15) is 4.79 Å². The van der Waals surface area contributed by atoms with Crippen LogP contribution in [0.3, 0.4) is 0 Å². The second-order valence-electron chi connectivity index (χ2n) is 6.80. The predicted octanol–water partition coefficient (Wildman–Crippen LogP) is 0.856. The van der Waals surface area contributed by atoms with Gasteiger partial charge >= 0.3 is 0 Å². The van der Waals surface area contributed by atoms with Gasteiger partial charge in [-0.3, -0.25) is 9.69 Å². The molecule has 26 heavy (non-hydrogen) atoms. The summed E-state index contributed by atoms with van der Waals surface area (Å²) in [7, 11) is 0. The number of aromatic nitrogens is 4. The average Bonchev–Trinajstić information content (AvgIpc) is 3.24. The van der Waals surface area contributed by atoms with Crippen LogP contribution in [-0.2, 0) is 4.79 Å². The molecular formula is C17H23N7OS. The third-order valence-electron chi connectivity index (χ3n) is 5.21. The van der Waals surface area contributed by atoms with Gasteiger partial charge < -0.3 is 9.80 Å². The van der Waals surface area contributed by atoms with Crippen molar-refractivity contribution in [2.24, 2.45) is 0 Å². The van der Waals surface area contributed by atoms with Crippen LogP contribution in [0, 0.1) is 0 Å². The first-order valence-corrected chi connectivity index (χ1v) is 9.92. The zero-order valence-electron chi connectivity index (χ0n) is 14.7. The highest BCUT2D eigenvalue weighted by molar-refractivity contribution is 7.03. The molecule has 4 rings (SSSR count). The van der Waals surface area contributed by atoms with Gasteiger partial charge in [-0.25, -0.2) is 9.97 Å². The number of likely N-dealkylation sites (tertiary alicyclic amines) is 1. The van der Waals surface area contributed by atoms with Crippen molar-refractivity contribution >= 4 is 23.4 Å². The molecule has 0 aromatic carbocycles. The van der Waals surface area contributed by atoms with E-state index in [1.165, 1.54) is 11.5 Å². The molecule has 2 aliphatic heterocycles. The third-order valence-corrected chi connectivity index (χ3v) is 5.73. The molecule has 9 heteroatoms. The van der Waals surface area contributed by atoms with Gasteiger partial charge in [0.2, 0.25) is 11.9 Å². The average molecular weight is 373 g/mol. The predicted molar refractivity (Wildman–Crippen MR) is 99.1 cm³/mol. The van der Waals surface area contributed by atoms with Crippen molar-refractivity contribution in [2.75, 3.05) is 50.7 Å². The van der Waals surface area contributed by atoms with E-state index >= 15 is 0 Å². The molecule has 1 amide bonds. The molecule has 138 valence electrons. The number of amides is 1. The van der Waals surface area contributed by atoms with Gasteiger partial charge in [-0.15, -0.1) is 5.10 Å². The highest BCUT2D eigenvalue weighted by Crippen LogP contribution is 2.26. The summed E-state index contributed by atoms with van der Waals surface area (Å²) >= 11 is 1.41. The number of hydrogen-bond acceptors (Lipinski definition) is 8. The molecule has 2 aliphatic rings. The maximum atomic E-state index is 12.6. The molecule has 0 radical (unpaired) electrons. The van der Waals surface area contributed by atoms with Crippen molar-refractivity contribution in [3.8, 4) is 0 Å². The number of piperazine rings is 1. The van der Waals surface area contributed by atoms with Crippen LogP contribution in [0.2, 0.25) is 0 Å². The van der Waals surface area contributed by atoms with Crippen LogP contribution in [0.25, 0.3) is 0 Å². The van der Waals surface area contributed by atoms with E-state index in [2.05, 4.69) is 29.4 Å².